The van der Waals surface area contributed by atoms with E-state index in [1.807, 2.05) is 6.92 Å². The summed E-state index contributed by atoms with van der Waals surface area (Å²) in [5.74, 6) is 1.10. The van der Waals surface area contributed by atoms with Crippen LogP contribution < -0.4 is 0 Å². The predicted octanol–water partition coefficient (Wildman–Crippen LogP) is 9.07. The molecule has 8 atom stereocenters. The third-order valence-corrected chi connectivity index (χ3v) is 14.5. The van der Waals surface area contributed by atoms with Crippen LogP contribution in [-0.4, -0.2) is 16.1 Å². The van der Waals surface area contributed by atoms with Crippen LogP contribution in [0.4, 0.5) is 0 Å². The highest BCUT2D eigenvalue weighted by Gasteiger charge is 2.68. The lowest BCUT2D eigenvalue weighted by Gasteiger charge is -2.70. The molecule has 5 aliphatic rings. The Labute approximate surface area is 235 Å². The summed E-state index contributed by atoms with van der Waals surface area (Å²) in [6.45, 7) is 17.4. The summed E-state index contributed by atoms with van der Waals surface area (Å²) in [7, 11) is 0. The van der Waals surface area contributed by atoms with Gasteiger partial charge in [-0.1, -0.05) is 71.4 Å². The lowest BCUT2D eigenvalue weighted by Crippen LogP contribution is -2.64. The van der Waals surface area contributed by atoms with E-state index in [-0.39, 0.29) is 27.1 Å². The maximum atomic E-state index is 12.4. The molecule has 0 spiro atoms. The van der Waals surface area contributed by atoms with Crippen molar-refractivity contribution in [3.05, 3.63) is 47.2 Å². The van der Waals surface area contributed by atoms with E-state index in [1.165, 1.54) is 42.3 Å². The molecule has 0 amide bonds. The number of para-hydroxylation sites is 1. The highest BCUT2D eigenvalue weighted by Crippen LogP contribution is 2.75. The molecule has 39 heavy (non-hydrogen) atoms. The van der Waals surface area contributed by atoms with Crippen LogP contribution in [0, 0.1) is 44.8 Å². The summed E-state index contributed by atoms with van der Waals surface area (Å²) in [5, 5.41) is 11.6. The molecule has 7 rings (SSSR count). The zero-order valence-corrected chi connectivity index (χ0v) is 25.3. The van der Waals surface area contributed by atoms with Crippen molar-refractivity contribution in [2.45, 2.75) is 112 Å². The number of allylic oxidation sites excluding steroid dienone is 2. The minimum atomic E-state index is -0.593. The van der Waals surface area contributed by atoms with Gasteiger partial charge in [-0.05, 0) is 116 Å². The molecule has 3 saturated carbocycles. The van der Waals surface area contributed by atoms with Crippen molar-refractivity contribution in [1.29, 1.82) is 0 Å². The highest BCUT2D eigenvalue weighted by atomic mass is 16.4. The van der Waals surface area contributed by atoms with Crippen LogP contribution in [-0.2, 0) is 16.6 Å². The van der Waals surface area contributed by atoms with Crippen molar-refractivity contribution < 1.29 is 9.90 Å². The normalized spacial score (nSPS) is 46.2. The molecule has 1 aromatic carbocycles. The van der Waals surface area contributed by atoms with Gasteiger partial charge in [0.1, 0.15) is 0 Å². The Hall–Kier alpha value is -2.03. The minimum absolute atomic E-state index is 0.116. The van der Waals surface area contributed by atoms with E-state index < -0.39 is 11.4 Å². The van der Waals surface area contributed by atoms with Gasteiger partial charge >= 0.3 is 5.97 Å². The second-order valence-corrected chi connectivity index (χ2v) is 16.5. The number of carboxylic acids is 1. The zero-order valence-electron chi connectivity index (χ0n) is 25.3. The van der Waals surface area contributed by atoms with E-state index in [1.54, 1.807) is 11.1 Å². The van der Waals surface area contributed by atoms with Gasteiger partial charge in [0.15, 0.2) is 0 Å². The maximum absolute atomic E-state index is 12.4. The van der Waals surface area contributed by atoms with Gasteiger partial charge in [0.05, 0.1) is 5.41 Å². The van der Waals surface area contributed by atoms with Crippen LogP contribution in [0.5, 0.6) is 0 Å². The van der Waals surface area contributed by atoms with Gasteiger partial charge in [0.2, 0.25) is 0 Å². The van der Waals surface area contributed by atoms with Gasteiger partial charge in [0.25, 0.3) is 0 Å². The first-order valence-electron chi connectivity index (χ1n) is 15.7. The number of aromatic amines is 1. The van der Waals surface area contributed by atoms with Crippen molar-refractivity contribution in [2.24, 2.45) is 44.8 Å². The number of aliphatic carboxylic acids is 1. The van der Waals surface area contributed by atoms with Crippen LogP contribution >= 0.6 is 0 Å². The van der Waals surface area contributed by atoms with E-state index in [0.29, 0.717) is 17.8 Å². The quantitative estimate of drug-likeness (QED) is 0.363. The van der Waals surface area contributed by atoms with E-state index in [2.05, 4.69) is 76.9 Å². The molecule has 3 heteroatoms. The second kappa shape index (κ2) is 7.62. The summed E-state index contributed by atoms with van der Waals surface area (Å²) in [6.07, 6.45) is 12.7. The van der Waals surface area contributed by atoms with Gasteiger partial charge in [0, 0.05) is 22.0 Å². The average molecular weight is 528 g/mol. The fourth-order valence-electron chi connectivity index (χ4n) is 11.8. The number of hydrogen-bond acceptors (Lipinski definition) is 1. The largest absolute Gasteiger partial charge is 0.481 e. The average Bonchev–Trinajstić information content (AvgIpc) is 3.24. The third kappa shape index (κ3) is 3.03. The second-order valence-electron chi connectivity index (χ2n) is 16.5. The molecule has 0 radical (unpaired) electrons. The van der Waals surface area contributed by atoms with Crippen molar-refractivity contribution >= 4 is 16.9 Å². The molecule has 1 heterocycles. The SMILES string of the molecule is CC1(C)c2[nH]c3ccccc3c2C[C@]2(C)[C@H]3CC=C4[C@@H]5C[C@](C)(C(=O)O)CC[C@]5(C)CC[C@@]4(C)[C@]3(C)CC[C@@H]12. The number of rotatable bonds is 1. The van der Waals surface area contributed by atoms with Gasteiger partial charge < -0.3 is 10.1 Å². The molecule has 2 N–H and O–H groups in total. The first-order chi connectivity index (χ1) is 18.2. The Balaban J connectivity index is 1.34. The molecule has 2 aromatic rings. The smallest absolute Gasteiger partial charge is 0.309 e. The molecule has 0 aliphatic heterocycles. The third-order valence-electron chi connectivity index (χ3n) is 14.5. The molecular formula is C36H49NO2. The fraction of sp³-hybridized carbons (Fsp3) is 0.694. The number of aromatic nitrogens is 1. The van der Waals surface area contributed by atoms with Gasteiger partial charge in [-0.2, -0.15) is 0 Å². The summed E-state index contributed by atoms with van der Waals surface area (Å²) in [4.78, 5) is 16.3. The van der Waals surface area contributed by atoms with Crippen molar-refractivity contribution in [2.75, 3.05) is 0 Å². The molecule has 3 nitrogen and oxygen atoms in total. The van der Waals surface area contributed by atoms with Crippen LogP contribution in [0.15, 0.2) is 35.9 Å². The number of carboxylic acid groups (broad SMARTS) is 1. The standard InChI is InChI=1S/C36H49NO2/c1-31(2)27-14-15-36(7)28(34(27,5)20-23-22-10-8-9-11-26(22)37-29(23)31)13-12-24-25-21-33(4,30(38)39)17-16-32(25,3)18-19-35(24,36)6/h8-12,25,27-28,37H,13-21H2,1-7H3,(H,38,39)/t25-,27-,28+,32+,33+,34-,35+,36+/m0/s1. The fourth-order valence-corrected chi connectivity index (χ4v) is 11.8. The van der Waals surface area contributed by atoms with Crippen molar-refractivity contribution in [1.82, 2.24) is 4.98 Å². The van der Waals surface area contributed by atoms with Gasteiger partial charge in [-0.3, -0.25) is 4.79 Å². The molecule has 0 saturated heterocycles. The lowest BCUT2D eigenvalue weighted by molar-refractivity contribution is -0.166. The van der Waals surface area contributed by atoms with E-state index in [9.17, 15) is 9.90 Å². The number of carbonyl (C=O) groups is 1. The molecule has 0 unspecified atom stereocenters. The number of nitrogens with one attached hydrogen (secondary N) is 1. The molecule has 210 valence electrons. The van der Waals surface area contributed by atoms with Crippen molar-refractivity contribution in [3.63, 3.8) is 0 Å². The Kier molecular flexibility index (Phi) is 5.06. The van der Waals surface area contributed by atoms with Crippen LogP contribution in [0.3, 0.4) is 0 Å². The zero-order chi connectivity index (χ0) is 27.8. The maximum Gasteiger partial charge on any atom is 0.309 e. The Bertz CT molecular complexity index is 1410. The van der Waals surface area contributed by atoms with Gasteiger partial charge in [-0.25, -0.2) is 0 Å². The number of fused-ring (bicyclic) bond motifs is 10. The predicted molar refractivity (Wildman–Crippen MR) is 159 cm³/mol. The van der Waals surface area contributed by atoms with Gasteiger partial charge in [-0.15, -0.1) is 0 Å². The summed E-state index contributed by atoms with van der Waals surface area (Å²) >= 11 is 0. The topological polar surface area (TPSA) is 53.1 Å². The minimum Gasteiger partial charge on any atom is -0.481 e. The molecular weight excluding hydrogens is 478 g/mol. The Morgan fingerprint density at radius 3 is 2.38 bits per heavy atom. The summed E-state index contributed by atoms with van der Waals surface area (Å²) in [6, 6.07) is 8.95. The number of H-pyrrole nitrogens is 1. The molecule has 5 aliphatic carbocycles. The highest BCUT2D eigenvalue weighted by molar-refractivity contribution is 5.85. The van der Waals surface area contributed by atoms with E-state index in [4.69, 9.17) is 0 Å². The van der Waals surface area contributed by atoms with Crippen molar-refractivity contribution in [3.8, 4) is 0 Å². The van der Waals surface area contributed by atoms with Crippen LogP contribution in [0.1, 0.15) is 111 Å². The van der Waals surface area contributed by atoms with Crippen LogP contribution in [0.25, 0.3) is 10.9 Å². The molecule has 3 fully saturated rings. The van der Waals surface area contributed by atoms with Crippen LogP contribution in [0.2, 0.25) is 0 Å². The number of benzene rings is 1. The lowest BCUT2D eigenvalue weighted by atomic mass is 9.34. The number of hydrogen-bond donors (Lipinski definition) is 2. The summed E-state index contributed by atoms with van der Waals surface area (Å²) in [5.41, 5.74) is 6.38. The summed E-state index contributed by atoms with van der Waals surface area (Å²) < 4.78 is 0. The first kappa shape index (κ1) is 25.9. The van der Waals surface area contributed by atoms with E-state index in [0.717, 1.165) is 32.1 Å². The van der Waals surface area contributed by atoms with E-state index >= 15 is 0 Å². The molecule has 1 aromatic heterocycles. The first-order valence-corrected chi connectivity index (χ1v) is 15.7. The molecule has 0 bridgehead atoms. The Morgan fingerprint density at radius 2 is 1.64 bits per heavy atom. The monoisotopic (exact) mass is 527 g/mol. The Morgan fingerprint density at radius 1 is 0.923 bits per heavy atom.